The Morgan fingerprint density at radius 3 is 2.67 bits per heavy atom. The van der Waals surface area contributed by atoms with E-state index in [1.165, 1.54) is 5.56 Å². The molecule has 0 fully saturated rings. The number of aromatic nitrogens is 3. The van der Waals surface area contributed by atoms with Gasteiger partial charge in [0.15, 0.2) is 5.82 Å². The molecule has 0 spiro atoms. The first-order chi connectivity index (χ1) is 17.5. The lowest BCUT2D eigenvalue weighted by Gasteiger charge is -2.15. The van der Waals surface area contributed by atoms with Crippen molar-refractivity contribution in [3.63, 3.8) is 0 Å². The van der Waals surface area contributed by atoms with Crippen LogP contribution in [0.3, 0.4) is 0 Å². The van der Waals surface area contributed by atoms with E-state index < -0.39 is 0 Å². The van der Waals surface area contributed by atoms with E-state index >= 15 is 0 Å². The van der Waals surface area contributed by atoms with Crippen LogP contribution in [-0.4, -0.2) is 60.3 Å². The predicted octanol–water partition coefficient (Wildman–Crippen LogP) is 4.48. The van der Waals surface area contributed by atoms with Gasteiger partial charge in [-0.3, -0.25) is 0 Å². The lowest BCUT2D eigenvalue weighted by molar-refractivity contribution is 0.394. The van der Waals surface area contributed by atoms with Crippen molar-refractivity contribution in [1.82, 2.24) is 24.8 Å². The summed E-state index contributed by atoms with van der Waals surface area (Å²) in [5.41, 5.74) is 11.4. The molecule has 4 aromatic rings. The number of methoxy groups -OCH3 is 1. The molecule has 192 valence electrons. The van der Waals surface area contributed by atoms with E-state index in [2.05, 4.69) is 87.5 Å². The van der Waals surface area contributed by atoms with Crippen molar-refractivity contribution in [3.05, 3.63) is 53.6 Å². The molecule has 0 aliphatic rings. The summed E-state index contributed by atoms with van der Waals surface area (Å²) in [7, 11) is 5.94. The van der Waals surface area contributed by atoms with Crippen LogP contribution in [0, 0.1) is 0 Å². The quantitative estimate of drug-likeness (QED) is 0.239. The van der Waals surface area contributed by atoms with Crippen molar-refractivity contribution in [2.75, 3.05) is 51.9 Å². The van der Waals surface area contributed by atoms with Gasteiger partial charge >= 0.3 is 0 Å². The minimum atomic E-state index is 0.282. The summed E-state index contributed by atoms with van der Waals surface area (Å²) in [6.07, 6.45) is 3.28. The number of rotatable bonds is 13. The average Bonchev–Trinajstić information content (AvgIpc) is 3.17. The third-order valence-corrected chi connectivity index (χ3v) is 6.41. The van der Waals surface area contributed by atoms with E-state index in [1.807, 2.05) is 6.07 Å². The van der Waals surface area contributed by atoms with Gasteiger partial charge in [0.05, 0.1) is 19.2 Å². The van der Waals surface area contributed by atoms with Crippen LogP contribution in [0.2, 0.25) is 0 Å². The third kappa shape index (κ3) is 5.88. The molecule has 0 saturated carbocycles. The molecule has 8 heteroatoms. The zero-order valence-corrected chi connectivity index (χ0v) is 22.0. The summed E-state index contributed by atoms with van der Waals surface area (Å²) in [4.78, 5) is 11.4. The highest BCUT2D eigenvalue weighted by Gasteiger charge is 2.19. The van der Waals surface area contributed by atoms with Crippen LogP contribution >= 0.6 is 0 Å². The zero-order valence-electron chi connectivity index (χ0n) is 22.0. The minimum Gasteiger partial charge on any atom is -0.496 e. The number of nitrogens with two attached hydrogens (primary N) is 1. The van der Waals surface area contributed by atoms with Gasteiger partial charge in [-0.15, -0.1) is 0 Å². The van der Waals surface area contributed by atoms with E-state index in [4.69, 9.17) is 10.5 Å². The van der Waals surface area contributed by atoms with Gasteiger partial charge in [0.1, 0.15) is 16.8 Å². The van der Waals surface area contributed by atoms with Crippen molar-refractivity contribution in [3.8, 4) is 5.75 Å². The molecule has 4 rings (SSSR count). The normalized spacial score (nSPS) is 11.6. The lowest BCUT2D eigenvalue weighted by Crippen LogP contribution is -2.21. The number of nitrogens with zero attached hydrogens (tertiary/aromatic N) is 4. The first-order valence-corrected chi connectivity index (χ1v) is 12.8. The molecule has 0 aliphatic carbocycles. The molecule has 2 heterocycles. The Balaban J connectivity index is 1.70. The Bertz CT molecular complexity index is 1300. The van der Waals surface area contributed by atoms with Gasteiger partial charge < -0.3 is 30.6 Å². The zero-order chi connectivity index (χ0) is 25.5. The first-order valence-electron chi connectivity index (χ1n) is 12.8. The number of para-hydroxylation sites is 1. The number of hydrogen-bond donors (Lipinski definition) is 3. The molecule has 0 atom stereocenters. The largest absolute Gasteiger partial charge is 0.496 e. The highest BCUT2D eigenvalue weighted by atomic mass is 16.5. The van der Waals surface area contributed by atoms with E-state index in [1.54, 1.807) is 7.11 Å². The average molecular weight is 490 g/mol. The Morgan fingerprint density at radius 2 is 1.89 bits per heavy atom. The van der Waals surface area contributed by atoms with E-state index in [0.29, 0.717) is 6.54 Å². The van der Waals surface area contributed by atoms with Gasteiger partial charge in [0.25, 0.3) is 0 Å². The smallest absolute Gasteiger partial charge is 0.222 e. The highest BCUT2D eigenvalue weighted by molar-refractivity contribution is 6.09. The maximum absolute atomic E-state index is 6.13. The number of unbranched alkanes of at least 4 members (excludes halogenated alkanes) is 1. The summed E-state index contributed by atoms with van der Waals surface area (Å²) >= 11 is 0. The van der Waals surface area contributed by atoms with E-state index in [0.717, 1.165) is 84.5 Å². The molecule has 0 unspecified atom stereocenters. The summed E-state index contributed by atoms with van der Waals surface area (Å²) in [6, 6.07) is 14.8. The van der Waals surface area contributed by atoms with Gasteiger partial charge in [-0.1, -0.05) is 37.6 Å². The summed E-state index contributed by atoms with van der Waals surface area (Å²) in [5, 5.41) is 8.14. The first kappa shape index (κ1) is 25.7. The second kappa shape index (κ2) is 12.1. The monoisotopic (exact) mass is 489 g/mol. The predicted molar refractivity (Wildman–Crippen MR) is 150 cm³/mol. The van der Waals surface area contributed by atoms with Crippen molar-refractivity contribution < 1.29 is 4.74 Å². The molecule has 8 nitrogen and oxygen atoms in total. The summed E-state index contributed by atoms with van der Waals surface area (Å²) in [5.74, 6) is 1.93. The van der Waals surface area contributed by atoms with Gasteiger partial charge in [-0.2, -0.15) is 4.98 Å². The molecule has 0 amide bonds. The van der Waals surface area contributed by atoms with E-state index in [9.17, 15) is 0 Å². The molecule has 0 bridgehead atoms. The molecule has 0 saturated heterocycles. The lowest BCUT2D eigenvalue weighted by atomic mass is 10.1. The fourth-order valence-corrected chi connectivity index (χ4v) is 4.61. The number of nitrogen functional groups attached to an aromatic ring is 1. The molecule has 4 N–H and O–H groups in total. The molecule has 2 aromatic carbocycles. The summed E-state index contributed by atoms with van der Waals surface area (Å²) < 4.78 is 8.05. The van der Waals surface area contributed by atoms with E-state index in [-0.39, 0.29) is 5.95 Å². The molecule has 2 aromatic heterocycles. The van der Waals surface area contributed by atoms with Crippen LogP contribution in [0.25, 0.3) is 21.9 Å². The number of nitrogens with one attached hydrogen (secondary N) is 2. The second-order valence-electron chi connectivity index (χ2n) is 9.49. The van der Waals surface area contributed by atoms with Crippen LogP contribution in [0.15, 0.2) is 42.5 Å². The third-order valence-electron chi connectivity index (χ3n) is 6.41. The maximum atomic E-state index is 6.13. The van der Waals surface area contributed by atoms with Crippen LogP contribution in [0.4, 0.5) is 11.8 Å². The van der Waals surface area contributed by atoms with Gasteiger partial charge in [0, 0.05) is 24.0 Å². The van der Waals surface area contributed by atoms with Crippen molar-refractivity contribution in [2.45, 2.75) is 39.3 Å². The highest BCUT2D eigenvalue weighted by Crippen LogP contribution is 2.34. The van der Waals surface area contributed by atoms with Gasteiger partial charge in [-0.25, -0.2) is 4.98 Å². The maximum Gasteiger partial charge on any atom is 0.222 e. The standard InChI is InChI=1S/C28H39N7O/c1-5-6-15-31-27-26-25(32-28(29)33-27)22-10-7-8-11-23(22)35(26)19-21-17-20(12-13-24(21)36-4)18-30-14-9-16-34(2)3/h7-8,10-13,17,30H,5-6,9,14-16,18-19H2,1-4H3,(H3,29,31,32,33). The molecular weight excluding hydrogens is 450 g/mol. The molecule has 0 radical (unpaired) electrons. The number of hydrogen-bond acceptors (Lipinski definition) is 7. The van der Waals surface area contributed by atoms with Crippen molar-refractivity contribution in [2.24, 2.45) is 0 Å². The topological polar surface area (TPSA) is 93.3 Å². The second-order valence-corrected chi connectivity index (χ2v) is 9.49. The molecule has 0 aliphatic heterocycles. The SMILES string of the molecule is CCCCNc1nc(N)nc2c3ccccc3n(Cc3cc(CNCCCN(C)C)ccc3OC)c12. The van der Waals surface area contributed by atoms with Crippen LogP contribution in [-0.2, 0) is 13.1 Å². The number of fused-ring (bicyclic) bond motifs is 3. The minimum absolute atomic E-state index is 0.282. The Kier molecular flexibility index (Phi) is 8.61. The number of anilines is 2. The van der Waals surface area contributed by atoms with Crippen LogP contribution < -0.4 is 21.1 Å². The Morgan fingerprint density at radius 1 is 1.06 bits per heavy atom. The van der Waals surface area contributed by atoms with Gasteiger partial charge in [-0.05, 0) is 63.8 Å². The van der Waals surface area contributed by atoms with Gasteiger partial charge in [0.2, 0.25) is 5.95 Å². The van der Waals surface area contributed by atoms with Crippen LogP contribution in [0.1, 0.15) is 37.3 Å². The van der Waals surface area contributed by atoms with Crippen molar-refractivity contribution >= 4 is 33.7 Å². The Labute approximate surface area is 213 Å². The number of ether oxygens (including phenoxy) is 1. The summed E-state index contributed by atoms with van der Waals surface area (Å²) in [6.45, 7) is 6.53. The fraction of sp³-hybridized carbons (Fsp3) is 0.429. The van der Waals surface area contributed by atoms with Crippen molar-refractivity contribution in [1.29, 1.82) is 0 Å². The molecule has 36 heavy (non-hydrogen) atoms. The Hall–Kier alpha value is -3.36. The fourth-order valence-electron chi connectivity index (χ4n) is 4.61. The molecular formula is C28H39N7O. The number of benzene rings is 2. The van der Waals surface area contributed by atoms with Crippen LogP contribution in [0.5, 0.6) is 5.75 Å².